The van der Waals surface area contributed by atoms with E-state index in [2.05, 4.69) is 51.7 Å². The van der Waals surface area contributed by atoms with Gasteiger partial charge in [-0.05, 0) is 50.1 Å². The fourth-order valence-corrected chi connectivity index (χ4v) is 4.61. The van der Waals surface area contributed by atoms with E-state index in [0.29, 0.717) is 25.2 Å². The van der Waals surface area contributed by atoms with Crippen LogP contribution in [0.2, 0.25) is 0 Å². The predicted octanol–water partition coefficient (Wildman–Crippen LogP) is 4.85. The lowest BCUT2D eigenvalue weighted by Crippen LogP contribution is -2.36. The van der Waals surface area contributed by atoms with Gasteiger partial charge in [0.05, 0.1) is 29.5 Å². The average Bonchev–Trinajstić information content (AvgIpc) is 3.47. The van der Waals surface area contributed by atoms with Gasteiger partial charge in [-0.1, -0.05) is 19.1 Å². The summed E-state index contributed by atoms with van der Waals surface area (Å²) in [6.45, 7) is 3.98. The zero-order chi connectivity index (χ0) is 24.6. The number of amides is 1. The van der Waals surface area contributed by atoms with Crippen LogP contribution in [0.15, 0.2) is 38.6 Å². The summed E-state index contributed by atoms with van der Waals surface area (Å²) in [7, 11) is 0. The minimum atomic E-state index is -0.711. The van der Waals surface area contributed by atoms with Crippen molar-refractivity contribution in [3.05, 3.63) is 41.6 Å². The molecule has 2 aromatic rings. The molecule has 176 valence electrons. The average molecular weight is 495 g/mol. The Morgan fingerprint density at radius 3 is 2.76 bits per heavy atom. The molecule has 3 rings (SSSR count). The van der Waals surface area contributed by atoms with Crippen LogP contribution in [0.1, 0.15) is 50.5 Å². The molecule has 1 heterocycles. The highest BCUT2D eigenvalue weighted by Crippen LogP contribution is 2.37. The highest BCUT2D eigenvalue weighted by atomic mass is 32.2. The standard InChI is InChI=1S/C24H26N6O2S2/c1-4-5-19(34-16(2)14-25)17-6-7-18(20(12-17)33-3)27-11-8-22-29-30-23(32-22)13-21(31)28-24(15-26)9-10-24/h5-7,11-12,16H,4,8-10,13H2,1-3H3,(H,28,31)/b19-5-,27-11?. The van der Waals surface area contributed by atoms with E-state index in [-0.39, 0.29) is 23.5 Å². The molecule has 1 saturated carbocycles. The van der Waals surface area contributed by atoms with E-state index >= 15 is 0 Å². The van der Waals surface area contributed by atoms with Crippen LogP contribution in [-0.4, -0.2) is 39.4 Å². The molecule has 1 aromatic heterocycles. The molecule has 10 heteroatoms. The van der Waals surface area contributed by atoms with Gasteiger partial charge in [0.15, 0.2) is 0 Å². The molecule has 1 atom stereocenters. The topological polar surface area (TPSA) is 128 Å². The van der Waals surface area contributed by atoms with E-state index < -0.39 is 5.54 Å². The number of hydrogen-bond acceptors (Lipinski definition) is 9. The number of aromatic nitrogens is 2. The second kappa shape index (κ2) is 11.9. The Kier molecular flexibility index (Phi) is 8.91. The molecule has 8 nitrogen and oxygen atoms in total. The first-order valence-corrected chi connectivity index (χ1v) is 13.0. The molecule has 0 spiro atoms. The lowest BCUT2D eigenvalue weighted by molar-refractivity contribution is -0.121. The van der Waals surface area contributed by atoms with Crippen LogP contribution < -0.4 is 5.32 Å². The largest absolute Gasteiger partial charge is 0.424 e. The molecule has 1 aliphatic carbocycles. The number of nitrogens with zero attached hydrogens (tertiary/aromatic N) is 5. The van der Waals surface area contributed by atoms with Crippen LogP contribution in [0.25, 0.3) is 4.91 Å². The molecule has 0 saturated heterocycles. The molecule has 0 bridgehead atoms. The highest BCUT2D eigenvalue weighted by molar-refractivity contribution is 8.09. The molecular weight excluding hydrogens is 468 g/mol. The van der Waals surface area contributed by atoms with Crippen LogP contribution in [-0.2, 0) is 17.6 Å². The van der Waals surface area contributed by atoms with Gasteiger partial charge in [0.25, 0.3) is 0 Å². The number of rotatable bonds is 11. The summed E-state index contributed by atoms with van der Waals surface area (Å²) in [4.78, 5) is 18.7. The Labute approximate surface area is 207 Å². The maximum atomic E-state index is 12.1. The van der Waals surface area contributed by atoms with E-state index in [1.807, 2.05) is 25.3 Å². The Balaban J connectivity index is 1.62. The quantitative estimate of drug-likeness (QED) is 0.347. The Morgan fingerprint density at radius 1 is 1.35 bits per heavy atom. The van der Waals surface area contributed by atoms with Gasteiger partial charge in [0.1, 0.15) is 12.0 Å². The van der Waals surface area contributed by atoms with Gasteiger partial charge in [-0.3, -0.25) is 9.79 Å². The smallest absolute Gasteiger partial charge is 0.230 e. The van der Waals surface area contributed by atoms with Crippen molar-refractivity contribution < 1.29 is 9.21 Å². The Hall–Kier alpha value is -3.08. The van der Waals surface area contributed by atoms with Crippen molar-refractivity contribution in [2.24, 2.45) is 4.99 Å². The molecule has 34 heavy (non-hydrogen) atoms. The third-order valence-corrected chi connectivity index (χ3v) is 6.88. The summed E-state index contributed by atoms with van der Waals surface area (Å²) in [6.07, 6.45) is 8.36. The molecule has 0 aliphatic heterocycles. The molecule has 0 radical (unpaired) electrons. The van der Waals surface area contributed by atoms with E-state index in [1.54, 1.807) is 29.7 Å². The molecular formula is C24H26N6O2S2. The monoisotopic (exact) mass is 494 g/mol. The summed E-state index contributed by atoms with van der Waals surface area (Å²) in [5.41, 5.74) is 1.19. The Bertz CT molecular complexity index is 1170. The third-order valence-electron chi connectivity index (χ3n) is 5.00. The summed E-state index contributed by atoms with van der Waals surface area (Å²) < 4.78 is 5.54. The van der Waals surface area contributed by atoms with Crippen LogP contribution in [0, 0.1) is 22.7 Å². The van der Waals surface area contributed by atoms with Crippen molar-refractivity contribution in [2.75, 3.05) is 6.26 Å². The van der Waals surface area contributed by atoms with Crippen molar-refractivity contribution in [3.8, 4) is 12.1 Å². The van der Waals surface area contributed by atoms with Crippen molar-refractivity contribution in [1.29, 1.82) is 10.5 Å². The van der Waals surface area contributed by atoms with Gasteiger partial charge >= 0.3 is 0 Å². The second-order valence-corrected chi connectivity index (χ2v) is 10.0. The van der Waals surface area contributed by atoms with Crippen molar-refractivity contribution in [2.45, 2.75) is 61.6 Å². The second-order valence-electron chi connectivity index (χ2n) is 7.78. The van der Waals surface area contributed by atoms with Gasteiger partial charge in [-0.15, -0.1) is 33.7 Å². The number of nitriles is 2. The van der Waals surface area contributed by atoms with E-state index in [1.165, 1.54) is 0 Å². The number of nitrogens with one attached hydrogen (secondary N) is 1. The molecule has 1 N–H and O–H groups in total. The number of carbonyl (C=O) groups is 1. The molecule has 1 aromatic carbocycles. The summed E-state index contributed by atoms with van der Waals surface area (Å²) in [5.74, 6) is 0.278. The van der Waals surface area contributed by atoms with Crippen LogP contribution in [0.4, 0.5) is 5.69 Å². The number of benzene rings is 1. The van der Waals surface area contributed by atoms with Crippen LogP contribution in [0.3, 0.4) is 0 Å². The zero-order valence-corrected chi connectivity index (χ0v) is 21.0. The lowest BCUT2D eigenvalue weighted by Gasteiger charge is -2.11. The predicted molar refractivity (Wildman–Crippen MR) is 135 cm³/mol. The molecule has 1 amide bonds. The van der Waals surface area contributed by atoms with Gasteiger partial charge in [0.2, 0.25) is 17.7 Å². The summed E-state index contributed by atoms with van der Waals surface area (Å²) in [5, 5.41) is 28.7. The first-order valence-electron chi connectivity index (χ1n) is 10.9. The number of thioether (sulfide) groups is 2. The number of carbonyl (C=O) groups excluding carboxylic acids is 1. The fraction of sp³-hybridized carbons (Fsp3) is 0.417. The fourth-order valence-electron chi connectivity index (χ4n) is 3.08. The maximum Gasteiger partial charge on any atom is 0.230 e. The number of hydrogen-bond donors (Lipinski definition) is 1. The van der Waals surface area contributed by atoms with Crippen LogP contribution >= 0.6 is 23.5 Å². The minimum absolute atomic E-state index is 0.0539. The first-order chi connectivity index (χ1) is 16.4. The minimum Gasteiger partial charge on any atom is -0.424 e. The van der Waals surface area contributed by atoms with Gasteiger partial charge in [0, 0.05) is 16.0 Å². The maximum absolute atomic E-state index is 12.1. The highest BCUT2D eigenvalue weighted by Gasteiger charge is 2.44. The van der Waals surface area contributed by atoms with Crippen molar-refractivity contribution in [3.63, 3.8) is 0 Å². The SMILES string of the molecule is CC/C=C(\SC(C)C#N)c1ccc(N=CCc2nnc(CC(=O)NC3(C#N)CC3)o2)c(SC)c1. The van der Waals surface area contributed by atoms with Gasteiger partial charge in [-0.2, -0.15) is 10.5 Å². The summed E-state index contributed by atoms with van der Waals surface area (Å²) in [6, 6.07) is 10.5. The van der Waals surface area contributed by atoms with Crippen molar-refractivity contribution in [1.82, 2.24) is 15.5 Å². The van der Waals surface area contributed by atoms with E-state index in [0.717, 1.165) is 27.5 Å². The normalized spacial score (nSPS) is 15.5. The van der Waals surface area contributed by atoms with Crippen LogP contribution in [0.5, 0.6) is 0 Å². The zero-order valence-electron chi connectivity index (χ0n) is 19.4. The van der Waals surface area contributed by atoms with Gasteiger partial charge in [-0.25, -0.2) is 0 Å². The molecule has 1 fully saturated rings. The third kappa shape index (κ3) is 6.96. The van der Waals surface area contributed by atoms with E-state index in [4.69, 9.17) is 14.9 Å². The number of aliphatic imine (C=N–C) groups is 1. The van der Waals surface area contributed by atoms with Gasteiger partial charge < -0.3 is 9.73 Å². The van der Waals surface area contributed by atoms with Crippen molar-refractivity contribution >= 4 is 46.2 Å². The summed E-state index contributed by atoms with van der Waals surface area (Å²) >= 11 is 3.16. The van der Waals surface area contributed by atoms with E-state index in [9.17, 15) is 4.79 Å². The molecule has 1 unspecified atom stereocenters. The number of allylic oxidation sites excluding steroid dienone is 1. The lowest BCUT2D eigenvalue weighted by atomic mass is 10.2. The Morgan fingerprint density at radius 2 is 2.12 bits per heavy atom. The first kappa shape index (κ1) is 25.5. The molecule has 1 aliphatic rings.